The molecule has 0 atom stereocenters. The summed E-state index contributed by atoms with van der Waals surface area (Å²) < 4.78 is 6.20. The molecule has 0 aliphatic heterocycles. The summed E-state index contributed by atoms with van der Waals surface area (Å²) in [5.74, 6) is 0.678. The van der Waals surface area contributed by atoms with E-state index in [-0.39, 0.29) is 5.15 Å². The van der Waals surface area contributed by atoms with Crippen molar-refractivity contribution in [2.24, 2.45) is 0 Å². The number of ether oxygens (including phenoxy) is 1. The minimum Gasteiger partial charge on any atom is -0.496 e. The van der Waals surface area contributed by atoms with Gasteiger partial charge in [0.25, 0.3) is 0 Å². The van der Waals surface area contributed by atoms with Gasteiger partial charge in [-0.15, -0.1) is 0 Å². The Balaban J connectivity index is 2.73. The molecule has 0 unspecified atom stereocenters. The van der Waals surface area contributed by atoms with Crippen molar-refractivity contribution >= 4 is 27.5 Å². The van der Waals surface area contributed by atoms with Crippen molar-refractivity contribution < 1.29 is 4.74 Å². The second-order valence-electron chi connectivity index (χ2n) is 3.48. The quantitative estimate of drug-likeness (QED) is 0.783. The fourth-order valence-electron chi connectivity index (χ4n) is 1.66. The number of rotatable bonds is 2. The van der Waals surface area contributed by atoms with E-state index in [1.165, 1.54) is 0 Å². The summed E-state index contributed by atoms with van der Waals surface area (Å²) in [7, 11) is 1.58. The molecule has 3 nitrogen and oxygen atoms in total. The lowest BCUT2D eigenvalue weighted by Crippen LogP contribution is -1.92. The first-order valence-electron chi connectivity index (χ1n) is 5.06. The molecular formula is C13H8BrClN2O. The van der Waals surface area contributed by atoms with Crippen molar-refractivity contribution in [1.29, 1.82) is 5.26 Å². The Morgan fingerprint density at radius 3 is 2.78 bits per heavy atom. The van der Waals surface area contributed by atoms with Gasteiger partial charge >= 0.3 is 0 Å². The third-order valence-corrected chi connectivity index (χ3v) is 3.25. The highest BCUT2D eigenvalue weighted by atomic mass is 79.9. The Labute approximate surface area is 118 Å². The Kier molecular flexibility index (Phi) is 3.85. The molecule has 1 aromatic heterocycles. The fraction of sp³-hybridized carbons (Fsp3) is 0.0769. The number of nitrogens with zero attached hydrogens (tertiary/aromatic N) is 2. The van der Waals surface area contributed by atoms with Gasteiger partial charge in [-0.05, 0) is 24.3 Å². The van der Waals surface area contributed by atoms with Crippen LogP contribution in [-0.2, 0) is 0 Å². The van der Waals surface area contributed by atoms with Gasteiger partial charge in [0.1, 0.15) is 17.0 Å². The van der Waals surface area contributed by atoms with Crippen LogP contribution in [0.3, 0.4) is 0 Å². The molecule has 2 aromatic rings. The van der Waals surface area contributed by atoms with E-state index >= 15 is 0 Å². The van der Waals surface area contributed by atoms with Crippen LogP contribution >= 0.6 is 27.5 Å². The van der Waals surface area contributed by atoms with Crippen molar-refractivity contribution in [3.63, 3.8) is 0 Å². The summed E-state index contributed by atoms with van der Waals surface area (Å²) in [6, 6.07) is 9.39. The number of aromatic nitrogens is 1. The molecule has 0 radical (unpaired) electrons. The van der Waals surface area contributed by atoms with Crippen molar-refractivity contribution in [2.45, 2.75) is 0 Å². The Morgan fingerprint density at radius 2 is 2.11 bits per heavy atom. The Morgan fingerprint density at radius 1 is 1.33 bits per heavy atom. The van der Waals surface area contributed by atoms with Gasteiger partial charge in [-0.3, -0.25) is 0 Å². The molecule has 5 heteroatoms. The fourth-order valence-corrected chi connectivity index (χ4v) is 2.22. The van der Waals surface area contributed by atoms with E-state index in [4.69, 9.17) is 21.6 Å². The first-order chi connectivity index (χ1) is 8.67. The molecule has 0 aliphatic carbocycles. The molecule has 0 saturated carbocycles. The van der Waals surface area contributed by atoms with Gasteiger partial charge in [-0.1, -0.05) is 27.5 Å². The van der Waals surface area contributed by atoms with E-state index in [0.717, 1.165) is 10.0 Å². The summed E-state index contributed by atoms with van der Waals surface area (Å²) >= 11 is 9.33. The summed E-state index contributed by atoms with van der Waals surface area (Å²) in [5.41, 5.74) is 1.85. The Bertz CT molecular complexity index is 637. The maximum atomic E-state index is 9.17. The number of hydrogen-bond acceptors (Lipinski definition) is 3. The van der Waals surface area contributed by atoms with Crippen LogP contribution in [-0.4, -0.2) is 12.1 Å². The molecule has 0 amide bonds. The predicted molar refractivity (Wildman–Crippen MR) is 73.7 cm³/mol. The third-order valence-electron chi connectivity index (χ3n) is 2.47. The van der Waals surface area contributed by atoms with Crippen LogP contribution in [0.1, 0.15) is 5.56 Å². The summed E-state index contributed by atoms with van der Waals surface area (Å²) in [4.78, 5) is 3.90. The maximum Gasteiger partial charge on any atom is 0.147 e. The lowest BCUT2D eigenvalue weighted by molar-refractivity contribution is 0.416. The van der Waals surface area contributed by atoms with E-state index in [2.05, 4.69) is 27.0 Å². The second kappa shape index (κ2) is 5.38. The molecule has 1 heterocycles. The molecule has 0 N–H and O–H groups in total. The standard InChI is InChI=1S/C13H8BrClN2O/c1-18-12-3-2-8(14)6-10(12)9-4-5-17-13(15)11(9)7-16/h2-6H,1H3. The van der Waals surface area contributed by atoms with Gasteiger partial charge in [0.2, 0.25) is 0 Å². The first-order valence-corrected chi connectivity index (χ1v) is 6.23. The van der Waals surface area contributed by atoms with E-state index < -0.39 is 0 Å². The van der Waals surface area contributed by atoms with E-state index in [9.17, 15) is 0 Å². The van der Waals surface area contributed by atoms with Gasteiger partial charge in [0.05, 0.1) is 12.7 Å². The van der Waals surface area contributed by atoms with Crippen LogP contribution in [0.4, 0.5) is 0 Å². The van der Waals surface area contributed by atoms with Crippen LogP contribution in [0, 0.1) is 11.3 Å². The zero-order valence-electron chi connectivity index (χ0n) is 9.45. The molecule has 0 aliphatic rings. The molecule has 0 fully saturated rings. The average molecular weight is 324 g/mol. The summed E-state index contributed by atoms with van der Waals surface area (Å²) in [6.07, 6.45) is 1.57. The van der Waals surface area contributed by atoms with E-state index in [1.54, 1.807) is 19.4 Å². The van der Waals surface area contributed by atoms with Gasteiger partial charge in [0.15, 0.2) is 0 Å². The molecule has 0 saturated heterocycles. The number of halogens is 2. The highest BCUT2D eigenvalue weighted by molar-refractivity contribution is 9.10. The molecule has 0 bridgehead atoms. The topological polar surface area (TPSA) is 45.9 Å². The number of pyridine rings is 1. The average Bonchev–Trinajstić information content (AvgIpc) is 2.38. The normalized spacial score (nSPS) is 9.89. The highest BCUT2D eigenvalue weighted by Gasteiger charge is 2.13. The first kappa shape index (κ1) is 12.9. The molecule has 90 valence electrons. The number of nitriles is 1. The number of hydrogen-bond donors (Lipinski definition) is 0. The maximum absolute atomic E-state index is 9.17. The van der Waals surface area contributed by atoms with Gasteiger partial charge in [-0.2, -0.15) is 5.26 Å². The largest absolute Gasteiger partial charge is 0.496 e. The van der Waals surface area contributed by atoms with Crippen LogP contribution in [0.5, 0.6) is 5.75 Å². The lowest BCUT2D eigenvalue weighted by atomic mass is 10.0. The Hall–Kier alpha value is -1.57. The summed E-state index contributed by atoms with van der Waals surface area (Å²) in [5, 5.41) is 9.36. The highest BCUT2D eigenvalue weighted by Crippen LogP contribution is 2.35. The zero-order valence-corrected chi connectivity index (χ0v) is 11.8. The monoisotopic (exact) mass is 322 g/mol. The van der Waals surface area contributed by atoms with Crippen molar-refractivity contribution in [3.8, 4) is 22.9 Å². The van der Waals surface area contributed by atoms with Gasteiger partial charge in [-0.25, -0.2) is 4.98 Å². The van der Waals surface area contributed by atoms with Crippen molar-refractivity contribution in [3.05, 3.63) is 45.7 Å². The minimum atomic E-state index is 0.192. The molecule has 0 spiro atoms. The number of methoxy groups -OCH3 is 1. The van der Waals surface area contributed by atoms with Crippen LogP contribution in [0.15, 0.2) is 34.9 Å². The zero-order chi connectivity index (χ0) is 13.1. The molecule has 2 rings (SSSR count). The van der Waals surface area contributed by atoms with Crippen LogP contribution < -0.4 is 4.74 Å². The SMILES string of the molecule is COc1ccc(Br)cc1-c1ccnc(Cl)c1C#N. The molecular weight excluding hydrogens is 316 g/mol. The molecule has 18 heavy (non-hydrogen) atoms. The van der Waals surface area contributed by atoms with Crippen molar-refractivity contribution in [1.82, 2.24) is 4.98 Å². The smallest absolute Gasteiger partial charge is 0.147 e. The predicted octanol–water partition coefficient (Wildman–Crippen LogP) is 4.04. The van der Waals surface area contributed by atoms with Gasteiger partial charge < -0.3 is 4.74 Å². The van der Waals surface area contributed by atoms with E-state index in [1.807, 2.05) is 18.2 Å². The van der Waals surface area contributed by atoms with Gasteiger partial charge in [0, 0.05) is 21.8 Å². The van der Waals surface area contributed by atoms with Crippen LogP contribution in [0.25, 0.3) is 11.1 Å². The van der Waals surface area contributed by atoms with Crippen LogP contribution in [0.2, 0.25) is 5.15 Å². The summed E-state index contributed by atoms with van der Waals surface area (Å²) in [6.45, 7) is 0. The number of benzene rings is 1. The third kappa shape index (κ3) is 2.33. The lowest BCUT2D eigenvalue weighted by Gasteiger charge is -2.10. The van der Waals surface area contributed by atoms with E-state index in [0.29, 0.717) is 16.9 Å². The molecule has 1 aromatic carbocycles. The van der Waals surface area contributed by atoms with Crippen molar-refractivity contribution in [2.75, 3.05) is 7.11 Å². The second-order valence-corrected chi connectivity index (χ2v) is 4.75. The minimum absolute atomic E-state index is 0.192.